The van der Waals surface area contributed by atoms with Gasteiger partial charge in [-0.2, -0.15) is 0 Å². The summed E-state index contributed by atoms with van der Waals surface area (Å²) in [6.07, 6.45) is 3.38. The molecule has 2 heterocycles. The van der Waals surface area contributed by atoms with Crippen LogP contribution in [-0.4, -0.2) is 21.6 Å². The average Bonchev–Trinajstić information content (AvgIpc) is 3.28. The summed E-state index contributed by atoms with van der Waals surface area (Å²) in [5.41, 5.74) is 3.56. The van der Waals surface area contributed by atoms with Crippen molar-refractivity contribution in [2.75, 3.05) is 5.75 Å². The topological polar surface area (TPSA) is 68.0 Å². The van der Waals surface area contributed by atoms with Gasteiger partial charge in [0.1, 0.15) is 6.26 Å². The SMILES string of the molecule is O=C(CSCc1coc(-c2ccccc2)n1)NC(c1ccccc1)c1ccccn1. The summed E-state index contributed by atoms with van der Waals surface area (Å²) in [7, 11) is 0. The molecule has 0 spiro atoms. The van der Waals surface area contributed by atoms with Crippen LogP contribution in [0.4, 0.5) is 0 Å². The predicted molar refractivity (Wildman–Crippen MR) is 119 cm³/mol. The Morgan fingerprint density at radius 1 is 0.967 bits per heavy atom. The normalized spacial score (nSPS) is 11.7. The standard InChI is InChI=1S/C24H21N3O2S/c28-22(17-30-16-20-15-29-24(26-20)19-11-5-2-6-12-19)27-23(18-9-3-1-4-10-18)21-13-7-8-14-25-21/h1-15,23H,16-17H2,(H,27,28). The number of thioether (sulfide) groups is 1. The summed E-state index contributed by atoms with van der Waals surface area (Å²) in [5.74, 6) is 1.47. The molecule has 2 aromatic carbocycles. The Balaban J connectivity index is 1.35. The first-order chi connectivity index (χ1) is 14.8. The number of rotatable bonds is 8. The molecule has 1 amide bonds. The second-order valence-corrected chi connectivity index (χ2v) is 7.65. The molecule has 5 nitrogen and oxygen atoms in total. The first kappa shape index (κ1) is 19.9. The molecule has 150 valence electrons. The minimum absolute atomic E-state index is 0.0497. The van der Waals surface area contributed by atoms with Crippen LogP contribution in [-0.2, 0) is 10.5 Å². The molecule has 0 bridgehead atoms. The predicted octanol–water partition coefficient (Wildman–Crippen LogP) is 4.88. The van der Waals surface area contributed by atoms with Gasteiger partial charge in [0.15, 0.2) is 0 Å². The van der Waals surface area contributed by atoms with Crippen LogP contribution in [0.3, 0.4) is 0 Å². The van der Waals surface area contributed by atoms with Crippen molar-refractivity contribution in [2.24, 2.45) is 0 Å². The molecule has 4 rings (SSSR count). The third-order valence-corrected chi connectivity index (χ3v) is 5.44. The van der Waals surface area contributed by atoms with E-state index in [2.05, 4.69) is 15.3 Å². The van der Waals surface area contributed by atoms with Gasteiger partial charge in [-0.3, -0.25) is 9.78 Å². The largest absolute Gasteiger partial charge is 0.444 e. The lowest BCUT2D eigenvalue weighted by atomic mass is 10.0. The molecule has 0 saturated heterocycles. The third kappa shape index (κ3) is 5.15. The highest BCUT2D eigenvalue weighted by atomic mass is 32.2. The lowest BCUT2D eigenvalue weighted by Crippen LogP contribution is -2.31. The van der Waals surface area contributed by atoms with Gasteiger partial charge in [0, 0.05) is 17.5 Å². The fraction of sp³-hybridized carbons (Fsp3) is 0.125. The highest BCUT2D eigenvalue weighted by Gasteiger charge is 2.18. The quantitative estimate of drug-likeness (QED) is 0.444. The highest BCUT2D eigenvalue weighted by Crippen LogP contribution is 2.22. The highest BCUT2D eigenvalue weighted by molar-refractivity contribution is 7.99. The van der Waals surface area contributed by atoms with Gasteiger partial charge in [0.2, 0.25) is 11.8 Å². The van der Waals surface area contributed by atoms with E-state index < -0.39 is 0 Å². The second-order valence-electron chi connectivity index (χ2n) is 6.67. The van der Waals surface area contributed by atoms with Crippen molar-refractivity contribution >= 4 is 17.7 Å². The second kappa shape index (κ2) is 9.89. The van der Waals surface area contributed by atoms with Gasteiger partial charge in [-0.05, 0) is 29.8 Å². The van der Waals surface area contributed by atoms with E-state index in [1.54, 1.807) is 12.5 Å². The third-order valence-electron chi connectivity index (χ3n) is 4.48. The molecule has 0 radical (unpaired) electrons. The van der Waals surface area contributed by atoms with E-state index >= 15 is 0 Å². The number of carbonyl (C=O) groups excluding carboxylic acids is 1. The van der Waals surface area contributed by atoms with Crippen molar-refractivity contribution in [3.05, 3.63) is 108 Å². The van der Waals surface area contributed by atoms with Crippen molar-refractivity contribution in [2.45, 2.75) is 11.8 Å². The zero-order valence-electron chi connectivity index (χ0n) is 16.3. The number of nitrogens with one attached hydrogen (secondary N) is 1. The molecule has 2 aromatic heterocycles. The summed E-state index contributed by atoms with van der Waals surface area (Å²) >= 11 is 1.50. The van der Waals surface area contributed by atoms with Crippen molar-refractivity contribution in [3.8, 4) is 11.5 Å². The van der Waals surface area contributed by atoms with Gasteiger partial charge < -0.3 is 9.73 Å². The first-order valence-corrected chi connectivity index (χ1v) is 10.8. The fourth-order valence-corrected chi connectivity index (χ4v) is 3.77. The Morgan fingerprint density at radius 2 is 1.70 bits per heavy atom. The van der Waals surface area contributed by atoms with Crippen LogP contribution in [0.1, 0.15) is 23.0 Å². The van der Waals surface area contributed by atoms with Crippen molar-refractivity contribution in [3.63, 3.8) is 0 Å². The fourth-order valence-electron chi connectivity index (χ4n) is 3.06. The van der Waals surface area contributed by atoms with E-state index in [0.29, 0.717) is 17.4 Å². The molecule has 0 saturated carbocycles. The minimum Gasteiger partial charge on any atom is -0.444 e. The molecule has 1 unspecified atom stereocenters. The molecule has 30 heavy (non-hydrogen) atoms. The summed E-state index contributed by atoms with van der Waals surface area (Å²) in [4.78, 5) is 21.5. The Kier molecular flexibility index (Phi) is 6.57. The van der Waals surface area contributed by atoms with E-state index in [9.17, 15) is 4.79 Å². The molecule has 0 aliphatic heterocycles. The first-order valence-electron chi connectivity index (χ1n) is 9.62. The zero-order chi connectivity index (χ0) is 20.6. The number of hydrogen-bond acceptors (Lipinski definition) is 5. The zero-order valence-corrected chi connectivity index (χ0v) is 17.1. The van der Waals surface area contributed by atoms with Crippen LogP contribution in [0.25, 0.3) is 11.5 Å². The number of pyridine rings is 1. The van der Waals surface area contributed by atoms with Gasteiger partial charge in [-0.1, -0.05) is 54.6 Å². The van der Waals surface area contributed by atoms with Crippen LogP contribution in [0.15, 0.2) is 95.7 Å². The van der Waals surface area contributed by atoms with Crippen molar-refractivity contribution in [1.29, 1.82) is 0 Å². The summed E-state index contributed by atoms with van der Waals surface area (Å²) in [6.45, 7) is 0. The molecule has 4 aromatic rings. The molecule has 1 atom stereocenters. The van der Waals surface area contributed by atoms with E-state index in [4.69, 9.17) is 4.42 Å². The number of hydrogen-bond donors (Lipinski definition) is 1. The van der Waals surface area contributed by atoms with Crippen LogP contribution in [0, 0.1) is 0 Å². The van der Waals surface area contributed by atoms with Crippen LogP contribution in [0.2, 0.25) is 0 Å². The molecule has 6 heteroatoms. The van der Waals surface area contributed by atoms with Gasteiger partial charge in [-0.25, -0.2) is 4.98 Å². The van der Waals surface area contributed by atoms with Gasteiger partial charge >= 0.3 is 0 Å². The number of nitrogens with zero attached hydrogens (tertiary/aromatic N) is 2. The Morgan fingerprint density at radius 3 is 2.43 bits per heavy atom. The van der Waals surface area contributed by atoms with Crippen LogP contribution in [0.5, 0.6) is 0 Å². The van der Waals surface area contributed by atoms with Crippen molar-refractivity contribution < 1.29 is 9.21 Å². The monoisotopic (exact) mass is 415 g/mol. The molecular weight excluding hydrogens is 394 g/mol. The molecule has 0 aliphatic carbocycles. The summed E-state index contributed by atoms with van der Waals surface area (Å²) < 4.78 is 5.56. The maximum atomic E-state index is 12.6. The van der Waals surface area contributed by atoms with E-state index in [1.807, 2.05) is 78.9 Å². The summed E-state index contributed by atoms with van der Waals surface area (Å²) in [6, 6.07) is 25.1. The van der Waals surface area contributed by atoms with E-state index in [-0.39, 0.29) is 11.9 Å². The number of benzene rings is 2. The Labute approximate surface area is 179 Å². The molecule has 0 aliphatic rings. The minimum atomic E-state index is -0.280. The van der Waals surface area contributed by atoms with Gasteiger partial charge in [0.05, 0.1) is 23.2 Å². The van der Waals surface area contributed by atoms with Crippen LogP contribution < -0.4 is 5.32 Å². The van der Waals surface area contributed by atoms with E-state index in [1.165, 1.54) is 11.8 Å². The summed E-state index contributed by atoms with van der Waals surface area (Å²) in [5, 5.41) is 3.10. The number of oxazole rings is 1. The molecule has 0 fully saturated rings. The number of amides is 1. The maximum Gasteiger partial charge on any atom is 0.230 e. The lowest BCUT2D eigenvalue weighted by Gasteiger charge is -2.18. The Hall–Kier alpha value is -3.38. The van der Waals surface area contributed by atoms with Crippen LogP contribution >= 0.6 is 11.8 Å². The Bertz CT molecular complexity index is 1030. The van der Waals surface area contributed by atoms with Crippen molar-refractivity contribution in [1.82, 2.24) is 15.3 Å². The molecular formula is C24H21N3O2S. The maximum absolute atomic E-state index is 12.6. The average molecular weight is 416 g/mol. The van der Waals surface area contributed by atoms with E-state index in [0.717, 1.165) is 22.5 Å². The van der Waals surface area contributed by atoms with Gasteiger partial charge in [0.25, 0.3) is 0 Å². The number of aromatic nitrogens is 2. The smallest absolute Gasteiger partial charge is 0.230 e. The number of carbonyl (C=O) groups is 1. The molecule has 1 N–H and O–H groups in total. The lowest BCUT2D eigenvalue weighted by molar-refractivity contribution is -0.119. The van der Waals surface area contributed by atoms with Gasteiger partial charge in [-0.15, -0.1) is 11.8 Å².